The highest BCUT2D eigenvalue weighted by molar-refractivity contribution is 5.82. The number of hydrogen-bond acceptors (Lipinski definition) is 4. The van der Waals surface area contributed by atoms with E-state index >= 15 is 0 Å². The number of nitrogens with zero attached hydrogens (tertiary/aromatic N) is 2. The minimum absolute atomic E-state index is 0.107. The molecule has 146 valence electrons. The van der Waals surface area contributed by atoms with E-state index in [1.54, 1.807) is 24.3 Å². The molecule has 1 saturated carbocycles. The number of amides is 1. The van der Waals surface area contributed by atoms with Crippen LogP contribution in [0, 0.1) is 0 Å². The Morgan fingerprint density at radius 1 is 1.18 bits per heavy atom. The van der Waals surface area contributed by atoms with Crippen molar-refractivity contribution in [3.63, 3.8) is 0 Å². The molecule has 1 aliphatic carbocycles. The van der Waals surface area contributed by atoms with Crippen molar-refractivity contribution in [1.82, 2.24) is 14.9 Å². The number of phenolic OH excluding ortho intramolecular Hbond substituents is 1. The molecule has 1 amide bonds. The molecule has 3 aromatic rings. The maximum atomic E-state index is 12.5. The van der Waals surface area contributed by atoms with Crippen LogP contribution in [0.4, 0.5) is 0 Å². The summed E-state index contributed by atoms with van der Waals surface area (Å²) in [7, 11) is 0. The predicted molar refractivity (Wildman–Crippen MR) is 109 cm³/mol. The summed E-state index contributed by atoms with van der Waals surface area (Å²) < 4.78 is 2.27. The molecule has 0 unspecified atom stereocenters. The second-order valence-corrected chi connectivity index (χ2v) is 7.63. The van der Waals surface area contributed by atoms with Crippen LogP contribution in [0.2, 0.25) is 0 Å². The van der Waals surface area contributed by atoms with Crippen LogP contribution >= 0.6 is 0 Å². The van der Waals surface area contributed by atoms with Crippen LogP contribution in [0.5, 0.6) is 5.75 Å². The summed E-state index contributed by atoms with van der Waals surface area (Å²) in [5.74, 6) is 0.105. The third-order valence-electron chi connectivity index (χ3n) is 5.64. The van der Waals surface area contributed by atoms with Crippen LogP contribution in [0.15, 0.2) is 54.9 Å². The highest BCUT2D eigenvalue weighted by Gasteiger charge is 2.26. The monoisotopic (exact) mass is 378 g/mol. The predicted octanol–water partition coefficient (Wildman–Crippen LogP) is 2.91. The molecular weight excluding hydrogens is 352 g/mol. The molecule has 0 spiro atoms. The van der Waals surface area contributed by atoms with E-state index in [4.69, 9.17) is 5.73 Å². The van der Waals surface area contributed by atoms with E-state index in [2.05, 4.69) is 33.2 Å². The number of rotatable bonds is 5. The third kappa shape index (κ3) is 4.02. The largest absolute Gasteiger partial charge is 0.508 e. The summed E-state index contributed by atoms with van der Waals surface area (Å²) in [4.78, 5) is 17.0. The van der Waals surface area contributed by atoms with E-state index in [0.29, 0.717) is 12.5 Å². The number of nitrogens with two attached hydrogens (primary N) is 1. The zero-order valence-electron chi connectivity index (χ0n) is 15.8. The first-order chi connectivity index (χ1) is 13.6. The van der Waals surface area contributed by atoms with Gasteiger partial charge >= 0.3 is 0 Å². The van der Waals surface area contributed by atoms with Crippen molar-refractivity contribution >= 4 is 16.9 Å². The normalized spacial score (nSPS) is 20.8. The molecule has 1 fully saturated rings. The SMILES string of the molecule is N[C@H](Cc1ccc(O)cc1)C(=O)NC1CCC(n2ccc3cccnc32)CC1. The fourth-order valence-corrected chi connectivity index (χ4v) is 4.07. The van der Waals surface area contributed by atoms with Gasteiger partial charge in [-0.3, -0.25) is 4.79 Å². The molecule has 2 aromatic heterocycles. The standard InChI is InChI=1S/C22H26N4O2/c23-20(14-15-3-9-19(27)10-4-15)22(28)25-17-5-7-18(8-6-17)26-13-11-16-2-1-12-24-21(16)26/h1-4,9-13,17-18,20,27H,5-8,14,23H2,(H,25,28)/t17?,18?,20-/m1/s1. The number of aromatic hydroxyl groups is 1. The lowest BCUT2D eigenvalue weighted by atomic mass is 9.90. The Labute approximate surface area is 164 Å². The van der Waals surface area contributed by atoms with Gasteiger partial charge in [0.25, 0.3) is 0 Å². The summed E-state index contributed by atoms with van der Waals surface area (Å²) in [6.07, 6.45) is 8.32. The minimum Gasteiger partial charge on any atom is -0.508 e. The second kappa shape index (κ2) is 8.02. The van der Waals surface area contributed by atoms with Crippen LogP contribution in [0.1, 0.15) is 37.3 Å². The number of phenols is 1. The van der Waals surface area contributed by atoms with Crippen molar-refractivity contribution in [2.24, 2.45) is 5.73 Å². The van der Waals surface area contributed by atoms with Crippen LogP contribution in [0.25, 0.3) is 11.0 Å². The first-order valence-corrected chi connectivity index (χ1v) is 9.85. The average molecular weight is 378 g/mol. The van der Waals surface area contributed by atoms with Crippen LogP contribution in [-0.2, 0) is 11.2 Å². The average Bonchev–Trinajstić information content (AvgIpc) is 3.14. The molecule has 0 aliphatic heterocycles. The molecule has 2 heterocycles. The van der Waals surface area contributed by atoms with E-state index in [-0.39, 0.29) is 17.7 Å². The molecule has 1 atom stereocenters. The summed E-state index contributed by atoms with van der Waals surface area (Å²) in [5.41, 5.74) is 8.06. The second-order valence-electron chi connectivity index (χ2n) is 7.63. The third-order valence-corrected chi connectivity index (χ3v) is 5.64. The fraction of sp³-hybridized carbons (Fsp3) is 0.364. The Morgan fingerprint density at radius 3 is 2.68 bits per heavy atom. The molecular formula is C22H26N4O2. The lowest BCUT2D eigenvalue weighted by Crippen LogP contribution is -2.47. The van der Waals surface area contributed by atoms with Crippen molar-refractivity contribution in [2.75, 3.05) is 0 Å². The Kier molecular flexibility index (Phi) is 5.30. The lowest BCUT2D eigenvalue weighted by molar-refractivity contribution is -0.123. The van der Waals surface area contributed by atoms with Crippen molar-refractivity contribution < 1.29 is 9.90 Å². The molecule has 4 N–H and O–H groups in total. The molecule has 4 rings (SSSR count). The van der Waals surface area contributed by atoms with Crippen LogP contribution in [0.3, 0.4) is 0 Å². The number of benzene rings is 1. The zero-order valence-corrected chi connectivity index (χ0v) is 15.8. The van der Waals surface area contributed by atoms with Gasteiger partial charge in [-0.05, 0) is 68.0 Å². The summed E-state index contributed by atoms with van der Waals surface area (Å²) in [6.45, 7) is 0. The van der Waals surface area contributed by atoms with Gasteiger partial charge in [-0.15, -0.1) is 0 Å². The van der Waals surface area contributed by atoms with E-state index in [0.717, 1.165) is 42.3 Å². The molecule has 0 bridgehead atoms. The Hall–Kier alpha value is -2.86. The van der Waals surface area contributed by atoms with Gasteiger partial charge in [-0.25, -0.2) is 4.98 Å². The topological polar surface area (TPSA) is 93.2 Å². The van der Waals surface area contributed by atoms with Gasteiger partial charge in [0, 0.05) is 29.9 Å². The van der Waals surface area contributed by atoms with E-state index < -0.39 is 6.04 Å². The number of carbonyl (C=O) groups is 1. The fourth-order valence-electron chi connectivity index (χ4n) is 4.07. The smallest absolute Gasteiger partial charge is 0.237 e. The van der Waals surface area contributed by atoms with E-state index in [1.165, 1.54) is 0 Å². The summed E-state index contributed by atoms with van der Waals surface area (Å²) in [6, 6.07) is 13.0. The van der Waals surface area contributed by atoms with Crippen molar-refractivity contribution in [3.05, 3.63) is 60.4 Å². The van der Waals surface area contributed by atoms with Gasteiger partial charge in [-0.2, -0.15) is 0 Å². The Bertz CT molecular complexity index is 943. The maximum Gasteiger partial charge on any atom is 0.237 e. The number of hydrogen-bond donors (Lipinski definition) is 3. The van der Waals surface area contributed by atoms with Gasteiger partial charge in [0.2, 0.25) is 5.91 Å². The van der Waals surface area contributed by atoms with Gasteiger partial charge in [0.15, 0.2) is 0 Å². The molecule has 1 aliphatic rings. The Morgan fingerprint density at radius 2 is 1.93 bits per heavy atom. The molecule has 0 radical (unpaired) electrons. The number of aromatic nitrogens is 2. The van der Waals surface area contributed by atoms with Gasteiger partial charge in [0.05, 0.1) is 6.04 Å². The lowest BCUT2D eigenvalue weighted by Gasteiger charge is -2.31. The van der Waals surface area contributed by atoms with E-state index in [9.17, 15) is 9.90 Å². The summed E-state index contributed by atoms with van der Waals surface area (Å²) >= 11 is 0. The molecule has 0 saturated heterocycles. The first-order valence-electron chi connectivity index (χ1n) is 9.85. The number of nitrogens with one attached hydrogen (secondary N) is 1. The van der Waals surface area contributed by atoms with Crippen molar-refractivity contribution in [1.29, 1.82) is 0 Å². The van der Waals surface area contributed by atoms with Crippen LogP contribution < -0.4 is 11.1 Å². The van der Waals surface area contributed by atoms with Crippen LogP contribution in [-0.4, -0.2) is 32.6 Å². The number of fused-ring (bicyclic) bond motifs is 1. The highest BCUT2D eigenvalue weighted by atomic mass is 16.3. The number of pyridine rings is 1. The van der Waals surface area contributed by atoms with Crippen molar-refractivity contribution in [3.8, 4) is 5.75 Å². The first kappa shape index (κ1) is 18.5. The minimum atomic E-state index is -0.583. The maximum absolute atomic E-state index is 12.5. The molecule has 6 nitrogen and oxygen atoms in total. The number of carbonyl (C=O) groups excluding carboxylic acids is 1. The summed E-state index contributed by atoms with van der Waals surface area (Å²) in [5, 5.41) is 13.6. The quantitative estimate of drug-likeness (QED) is 0.636. The van der Waals surface area contributed by atoms with Gasteiger partial charge in [0.1, 0.15) is 11.4 Å². The molecule has 1 aromatic carbocycles. The van der Waals surface area contributed by atoms with E-state index in [1.807, 2.05) is 12.3 Å². The Balaban J connectivity index is 1.30. The highest BCUT2D eigenvalue weighted by Crippen LogP contribution is 2.31. The van der Waals surface area contributed by atoms with Gasteiger partial charge in [-0.1, -0.05) is 12.1 Å². The van der Waals surface area contributed by atoms with Gasteiger partial charge < -0.3 is 20.7 Å². The molecule has 28 heavy (non-hydrogen) atoms. The van der Waals surface area contributed by atoms with Crippen molar-refractivity contribution in [2.45, 2.75) is 50.2 Å². The molecule has 6 heteroatoms. The zero-order chi connectivity index (χ0) is 19.5.